The minimum atomic E-state index is -0.503. The van der Waals surface area contributed by atoms with E-state index >= 15 is 0 Å². The van der Waals surface area contributed by atoms with Crippen molar-refractivity contribution >= 4 is 17.5 Å². The molecule has 3 rings (SSSR count). The average Bonchev–Trinajstić information content (AvgIpc) is 3.00. The topological polar surface area (TPSA) is 78.7 Å². The second-order valence-electron chi connectivity index (χ2n) is 4.61. The average molecular weight is 297 g/mol. The van der Waals surface area contributed by atoms with Crippen LogP contribution in [0.2, 0.25) is 0 Å². The summed E-state index contributed by atoms with van der Waals surface area (Å²) in [4.78, 5) is 22.1. The fourth-order valence-electron chi connectivity index (χ4n) is 2.03. The van der Waals surface area contributed by atoms with Gasteiger partial charge in [0.2, 0.25) is 6.79 Å². The van der Waals surface area contributed by atoms with Gasteiger partial charge in [0.05, 0.1) is 4.92 Å². The zero-order valence-corrected chi connectivity index (χ0v) is 11.4. The molecule has 1 heterocycles. The lowest BCUT2D eigenvalue weighted by Crippen LogP contribution is -1.95. The van der Waals surface area contributed by atoms with E-state index in [2.05, 4.69) is 0 Å². The predicted octanol–water partition coefficient (Wildman–Crippen LogP) is 3.22. The number of nitro groups is 1. The van der Waals surface area contributed by atoms with Crippen LogP contribution in [0.1, 0.15) is 15.9 Å². The third kappa shape index (κ3) is 2.80. The lowest BCUT2D eigenvalue weighted by atomic mass is 10.1. The molecular formula is C16H11NO5. The molecular weight excluding hydrogens is 286 g/mol. The van der Waals surface area contributed by atoms with Crippen LogP contribution in [0.5, 0.6) is 11.5 Å². The molecule has 0 atom stereocenters. The Morgan fingerprint density at radius 3 is 2.55 bits per heavy atom. The van der Waals surface area contributed by atoms with Crippen LogP contribution >= 0.6 is 0 Å². The number of nitrogens with zero attached hydrogens (tertiary/aromatic N) is 1. The van der Waals surface area contributed by atoms with Crippen LogP contribution in [-0.2, 0) is 0 Å². The number of ether oxygens (including phenoxy) is 2. The van der Waals surface area contributed by atoms with E-state index in [-0.39, 0.29) is 18.3 Å². The van der Waals surface area contributed by atoms with Crippen molar-refractivity contribution in [3.63, 3.8) is 0 Å². The quantitative estimate of drug-likeness (QED) is 0.375. The maximum Gasteiger partial charge on any atom is 0.269 e. The first kappa shape index (κ1) is 13.8. The fraction of sp³-hybridized carbons (Fsp3) is 0.0625. The lowest BCUT2D eigenvalue weighted by molar-refractivity contribution is -0.384. The van der Waals surface area contributed by atoms with Crippen molar-refractivity contribution in [2.24, 2.45) is 0 Å². The van der Waals surface area contributed by atoms with Gasteiger partial charge in [-0.25, -0.2) is 0 Å². The molecule has 110 valence electrons. The number of fused-ring (bicyclic) bond motifs is 1. The molecule has 6 nitrogen and oxygen atoms in total. The van der Waals surface area contributed by atoms with Crippen molar-refractivity contribution in [2.45, 2.75) is 0 Å². The van der Waals surface area contributed by atoms with E-state index in [1.807, 2.05) is 6.07 Å². The maximum atomic E-state index is 12.0. The highest BCUT2D eigenvalue weighted by Crippen LogP contribution is 2.32. The zero-order chi connectivity index (χ0) is 15.5. The zero-order valence-electron chi connectivity index (χ0n) is 11.4. The number of carbonyl (C=O) groups is 1. The molecule has 1 aliphatic heterocycles. The van der Waals surface area contributed by atoms with E-state index in [1.165, 1.54) is 30.3 Å². The van der Waals surface area contributed by atoms with Crippen molar-refractivity contribution in [1.82, 2.24) is 0 Å². The first-order valence-corrected chi connectivity index (χ1v) is 6.50. The van der Waals surface area contributed by atoms with E-state index in [1.54, 1.807) is 18.2 Å². The van der Waals surface area contributed by atoms with Crippen LogP contribution in [-0.4, -0.2) is 17.5 Å². The van der Waals surface area contributed by atoms with Crippen molar-refractivity contribution < 1.29 is 19.2 Å². The minimum absolute atomic E-state index is 0.0451. The summed E-state index contributed by atoms with van der Waals surface area (Å²) in [6.07, 6.45) is 3.07. The number of rotatable bonds is 4. The smallest absolute Gasteiger partial charge is 0.269 e. The van der Waals surface area contributed by atoms with Gasteiger partial charge in [0, 0.05) is 17.7 Å². The number of benzene rings is 2. The normalized spacial score (nSPS) is 12.5. The van der Waals surface area contributed by atoms with Crippen LogP contribution < -0.4 is 9.47 Å². The molecule has 0 aliphatic carbocycles. The Kier molecular flexibility index (Phi) is 3.57. The van der Waals surface area contributed by atoms with Gasteiger partial charge in [0.15, 0.2) is 17.3 Å². The van der Waals surface area contributed by atoms with Gasteiger partial charge in [-0.1, -0.05) is 12.1 Å². The van der Waals surface area contributed by atoms with Gasteiger partial charge in [-0.3, -0.25) is 14.9 Å². The second-order valence-corrected chi connectivity index (χ2v) is 4.61. The van der Waals surface area contributed by atoms with E-state index < -0.39 is 4.92 Å². The molecule has 0 saturated carbocycles. The van der Waals surface area contributed by atoms with Gasteiger partial charge < -0.3 is 9.47 Å². The van der Waals surface area contributed by atoms with Crippen LogP contribution in [0.25, 0.3) is 6.08 Å². The molecule has 0 saturated heterocycles. The first-order valence-electron chi connectivity index (χ1n) is 6.50. The van der Waals surface area contributed by atoms with Crippen molar-refractivity contribution in [3.05, 3.63) is 69.8 Å². The van der Waals surface area contributed by atoms with Gasteiger partial charge in [-0.15, -0.1) is 0 Å². The van der Waals surface area contributed by atoms with Crippen LogP contribution in [0.15, 0.2) is 48.5 Å². The molecule has 0 N–H and O–H groups in total. The molecule has 0 radical (unpaired) electrons. The molecule has 0 fully saturated rings. The minimum Gasteiger partial charge on any atom is -0.454 e. The highest BCUT2D eigenvalue weighted by molar-refractivity contribution is 6.06. The summed E-state index contributed by atoms with van der Waals surface area (Å²) >= 11 is 0. The van der Waals surface area contributed by atoms with Gasteiger partial charge in [-0.2, -0.15) is 0 Å². The van der Waals surface area contributed by atoms with E-state index in [0.717, 1.165) is 5.56 Å². The lowest BCUT2D eigenvalue weighted by Gasteiger charge is -1.98. The number of non-ortho nitro benzene ring substituents is 1. The Bertz CT molecular complexity index is 765. The third-order valence-corrected chi connectivity index (χ3v) is 3.19. The molecule has 0 spiro atoms. The Balaban J connectivity index is 1.74. The standard InChI is InChI=1S/C16H11NO5/c18-14(12-3-5-13(6-4-12)17(19)20)7-1-11-2-8-15-16(9-11)22-10-21-15/h1-9H,10H2/b7-1-. The van der Waals surface area contributed by atoms with Crippen molar-refractivity contribution in [1.29, 1.82) is 0 Å². The Hall–Kier alpha value is -3.15. The van der Waals surface area contributed by atoms with Crippen molar-refractivity contribution in [2.75, 3.05) is 6.79 Å². The number of carbonyl (C=O) groups excluding carboxylic acids is 1. The Labute approximate surface area is 125 Å². The van der Waals surface area contributed by atoms with Crippen LogP contribution in [0.3, 0.4) is 0 Å². The predicted molar refractivity (Wildman–Crippen MR) is 79.0 cm³/mol. The molecule has 0 unspecified atom stereocenters. The summed E-state index contributed by atoms with van der Waals surface area (Å²) in [5.41, 5.74) is 1.15. The molecule has 0 amide bonds. The molecule has 22 heavy (non-hydrogen) atoms. The highest BCUT2D eigenvalue weighted by Gasteiger charge is 2.12. The summed E-state index contributed by atoms with van der Waals surface area (Å²) in [6, 6.07) is 10.9. The molecule has 0 aromatic heterocycles. The molecule has 2 aromatic rings. The summed E-state index contributed by atoms with van der Waals surface area (Å²) in [5, 5.41) is 10.6. The van der Waals surface area contributed by atoms with Gasteiger partial charge in [0.25, 0.3) is 5.69 Å². The Morgan fingerprint density at radius 1 is 1.09 bits per heavy atom. The Morgan fingerprint density at radius 2 is 1.82 bits per heavy atom. The molecule has 6 heteroatoms. The van der Waals surface area contributed by atoms with E-state index in [0.29, 0.717) is 17.1 Å². The molecule has 1 aliphatic rings. The number of ketones is 1. The number of hydrogen-bond donors (Lipinski definition) is 0. The second kappa shape index (κ2) is 5.69. The van der Waals surface area contributed by atoms with Crippen LogP contribution in [0, 0.1) is 10.1 Å². The largest absolute Gasteiger partial charge is 0.454 e. The SMILES string of the molecule is O=C(/C=C\c1ccc2c(c1)OCO2)c1ccc([N+](=O)[O-])cc1. The van der Waals surface area contributed by atoms with Gasteiger partial charge in [-0.05, 0) is 35.9 Å². The number of allylic oxidation sites excluding steroid dienone is 1. The molecule has 2 aromatic carbocycles. The van der Waals surface area contributed by atoms with E-state index in [4.69, 9.17) is 9.47 Å². The van der Waals surface area contributed by atoms with Gasteiger partial charge in [0.1, 0.15) is 0 Å². The van der Waals surface area contributed by atoms with E-state index in [9.17, 15) is 14.9 Å². The van der Waals surface area contributed by atoms with Crippen LogP contribution in [0.4, 0.5) is 5.69 Å². The fourth-order valence-corrected chi connectivity index (χ4v) is 2.03. The number of nitro benzene ring substituents is 1. The van der Waals surface area contributed by atoms with Crippen molar-refractivity contribution in [3.8, 4) is 11.5 Å². The highest BCUT2D eigenvalue weighted by atomic mass is 16.7. The molecule has 0 bridgehead atoms. The van der Waals surface area contributed by atoms with Gasteiger partial charge >= 0.3 is 0 Å². The third-order valence-electron chi connectivity index (χ3n) is 3.19. The first-order chi connectivity index (χ1) is 10.6. The summed E-state index contributed by atoms with van der Waals surface area (Å²) in [7, 11) is 0. The number of hydrogen-bond acceptors (Lipinski definition) is 5. The monoisotopic (exact) mass is 297 g/mol. The maximum absolute atomic E-state index is 12.0. The summed E-state index contributed by atoms with van der Waals surface area (Å²) < 4.78 is 10.5. The summed E-state index contributed by atoms with van der Waals surface area (Å²) in [5.74, 6) is 1.09. The summed E-state index contributed by atoms with van der Waals surface area (Å²) in [6.45, 7) is 0.199.